The summed E-state index contributed by atoms with van der Waals surface area (Å²) in [6, 6.07) is 9.32. The minimum absolute atomic E-state index is 0.231. The number of carbonyl (C=O) groups is 2. The molecule has 3 aromatic rings. The van der Waals surface area contributed by atoms with Crippen molar-refractivity contribution in [2.75, 3.05) is 13.7 Å². The molecule has 168 valence electrons. The maximum atomic E-state index is 12.8. The number of amides is 1. The third-order valence-corrected chi connectivity index (χ3v) is 5.26. The molecule has 0 bridgehead atoms. The minimum atomic E-state index is -0.725. The van der Waals surface area contributed by atoms with Gasteiger partial charge in [0.25, 0.3) is 0 Å². The van der Waals surface area contributed by atoms with Crippen LogP contribution >= 0.6 is 0 Å². The average Bonchev–Trinajstić information content (AvgIpc) is 3.22. The van der Waals surface area contributed by atoms with E-state index in [0.717, 1.165) is 0 Å². The lowest BCUT2D eigenvalue weighted by Gasteiger charge is -2.27. The van der Waals surface area contributed by atoms with Crippen molar-refractivity contribution in [3.05, 3.63) is 46.8 Å². The van der Waals surface area contributed by atoms with Gasteiger partial charge >= 0.3 is 17.7 Å². The molecule has 8 nitrogen and oxygen atoms in total. The molecule has 32 heavy (non-hydrogen) atoms. The normalized spacial score (nSPS) is 16.4. The van der Waals surface area contributed by atoms with E-state index in [-0.39, 0.29) is 5.75 Å². The molecular weight excluding hydrogens is 414 g/mol. The third-order valence-electron chi connectivity index (χ3n) is 5.26. The lowest BCUT2D eigenvalue weighted by atomic mass is 10.1. The first-order valence-electron chi connectivity index (χ1n) is 10.4. The number of benzene rings is 2. The standard InChI is InChI=1S/C24H25NO7/c1-24(2,3)32-23(28)25-11-5-6-19(25)22(27)30-15-8-10-17-16-9-7-14(29-4)12-18(16)21(26)31-20(17)13-15/h7-10,12-13,19H,5-6,11H2,1-4H3/t19-/m1/s1. The highest BCUT2D eigenvalue weighted by Crippen LogP contribution is 2.29. The minimum Gasteiger partial charge on any atom is -0.497 e. The Hall–Kier alpha value is -3.55. The van der Waals surface area contributed by atoms with E-state index in [0.29, 0.717) is 46.9 Å². The molecule has 4 rings (SSSR count). The van der Waals surface area contributed by atoms with Crippen LogP contribution in [0.15, 0.2) is 45.6 Å². The summed E-state index contributed by atoms with van der Waals surface area (Å²) < 4.78 is 21.6. The second-order valence-corrected chi connectivity index (χ2v) is 8.71. The highest BCUT2D eigenvalue weighted by Gasteiger charge is 2.38. The number of likely N-dealkylation sites (tertiary alicyclic amines) is 1. The fourth-order valence-corrected chi connectivity index (χ4v) is 3.82. The van der Waals surface area contributed by atoms with Crippen molar-refractivity contribution < 1.29 is 28.2 Å². The zero-order valence-corrected chi connectivity index (χ0v) is 18.5. The number of methoxy groups -OCH3 is 1. The number of rotatable bonds is 3. The average molecular weight is 439 g/mol. The van der Waals surface area contributed by atoms with Crippen molar-refractivity contribution in [3.8, 4) is 11.5 Å². The lowest BCUT2D eigenvalue weighted by Crippen LogP contribution is -2.44. The molecule has 1 atom stereocenters. The van der Waals surface area contributed by atoms with Crippen molar-refractivity contribution in [2.45, 2.75) is 45.3 Å². The molecule has 0 N–H and O–H groups in total. The van der Waals surface area contributed by atoms with Gasteiger partial charge in [0.15, 0.2) is 0 Å². The lowest BCUT2D eigenvalue weighted by molar-refractivity contribution is -0.139. The van der Waals surface area contributed by atoms with Gasteiger partial charge in [0.05, 0.1) is 12.5 Å². The monoisotopic (exact) mass is 439 g/mol. The summed E-state index contributed by atoms with van der Waals surface area (Å²) in [5.41, 5.74) is -0.869. The molecular formula is C24H25NO7. The third kappa shape index (κ3) is 4.26. The predicted molar refractivity (Wildman–Crippen MR) is 118 cm³/mol. The van der Waals surface area contributed by atoms with Gasteiger partial charge in [-0.15, -0.1) is 0 Å². The van der Waals surface area contributed by atoms with Gasteiger partial charge in [-0.25, -0.2) is 14.4 Å². The van der Waals surface area contributed by atoms with Crippen LogP contribution in [0.3, 0.4) is 0 Å². The van der Waals surface area contributed by atoms with Crippen LogP contribution in [0.2, 0.25) is 0 Å². The second kappa shape index (κ2) is 8.18. The van der Waals surface area contributed by atoms with E-state index in [1.807, 2.05) is 0 Å². The molecule has 2 heterocycles. The van der Waals surface area contributed by atoms with Crippen LogP contribution in [0.1, 0.15) is 33.6 Å². The van der Waals surface area contributed by atoms with Gasteiger partial charge < -0.3 is 18.6 Å². The molecule has 1 saturated heterocycles. The molecule has 0 spiro atoms. The smallest absolute Gasteiger partial charge is 0.411 e. The molecule has 1 aliphatic heterocycles. The Labute approximate surface area is 184 Å². The number of carbonyl (C=O) groups excluding carboxylic acids is 2. The fourth-order valence-electron chi connectivity index (χ4n) is 3.82. The van der Waals surface area contributed by atoms with Crippen LogP contribution in [0.4, 0.5) is 4.79 Å². The molecule has 2 aromatic carbocycles. The number of fused-ring (bicyclic) bond motifs is 3. The number of ether oxygens (including phenoxy) is 3. The Bertz CT molecular complexity index is 1250. The molecule has 0 radical (unpaired) electrons. The fraction of sp³-hybridized carbons (Fsp3) is 0.375. The first-order valence-corrected chi connectivity index (χ1v) is 10.4. The molecule has 0 saturated carbocycles. The number of esters is 1. The summed E-state index contributed by atoms with van der Waals surface area (Å²) in [7, 11) is 1.53. The van der Waals surface area contributed by atoms with Crippen LogP contribution < -0.4 is 15.1 Å². The van der Waals surface area contributed by atoms with Gasteiger partial charge in [-0.05, 0) is 63.9 Å². The number of hydrogen-bond donors (Lipinski definition) is 0. The van der Waals surface area contributed by atoms with Crippen molar-refractivity contribution in [1.29, 1.82) is 0 Å². The van der Waals surface area contributed by atoms with Gasteiger partial charge in [0.2, 0.25) is 0 Å². The first-order chi connectivity index (χ1) is 15.2. The maximum Gasteiger partial charge on any atom is 0.411 e. The summed E-state index contributed by atoms with van der Waals surface area (Å²) in [5, 5.41) is 1.82. The number of nitrogens with zero attached hydrogens (tertiary/aromatic N) is 1. The largest absolute Gasteiger partial charge is 0.497 e. The predicted octanol–water partition coefficient (Wildman–Crippen LogP) is 4.26. The summed E-state index contributed by atoms with van der Waals surface area (Å²) >= 11 is 0. The van der Waals surface area contributed by atoms with Crippen LogP contribution in [-0.2, 0) is 9.53 Å². The Balaban J connectivity index is 1.59. The highest BCUT2D eigenvalue weighted by molar-refractivity contribution is 6.05. The van der Waals surface area contributed by atoms with E-state index < -0.39 is 29.3 Å². The van der Waals surface area contributed by atoms with E-state index in [4.69, 9.17) is 18.6 Å². The van der Waals surface area contributed by atoms with Gasteiger partial charge in [-0.1, -0.05) is 0 Å². The van der Waals surface area contributed by atoms with E-state index >= 15 is 0 Å². The van der Waals surface area contributed by atoms with E-state index in [2.05, 4.69) is 0 Å². The van der Waals surface area contributed by atoms with Crippen molar-refractivity contribution >= 4 is 33.8 Å². The van der Waals surface area contributed by atoms with Crippen molar-refractivity contribution in [2.24, 2.45) is 0 Å². The van der Waals surface area contributed by atoms with Gasteiger partial charge in [-0.2, -0.15) is 0 Å². The molecule has 1 aliphatic rings. The van der Waals surface area contributed by atoms with Crippen LogP contribution in [0.5, 0.6) is 11.5 Å². The second-order valence-electron chi connectivity index (χ2n) is 8.71. The first kappa shape index (κ1) is 21.7. The van der Waals surface area contributed by atoms with E-state index in [9.17, 15) is 14.4 Å². The van der Waals surface area contributed by atoms with Crippen LogP contribution in [-0.4, -0.2) is 42.3 Å². The molecule has 0 unspecified atom stereocenters. The highest BCUT2D eigenvalue weighted by atomic mass is 16.6. The quantitative estimate of drug-likeness (QED) is 0.260. The van der Waals surface area contributed by atoms with E-state index in [1.54, 1.807) is 51.1 Å². The Morgan fingerprint density at radius 1 is 1.03 bits per heavy atom. The summed E-state index contributed by atoms with van der Waals surface area (Å²) in [6.45, 7) is 5.75. The molecule has 8 heteroatoms. The van der Waals surface area contributed by atoms with Crippen molar-refractivity contribution in [3.63, 3.8) is 0 Å². The zero-order chi connectivity index (χ0) is 23.0. The maximum absolute atomic E-state index is 12.8. The topological polar surface area (TPSA) is 95.3 Å². The van der Waals surface area contributed by atoms with Gasteiger partial charge in [-0.3, -0.25) is 4.90 Å². The zero-order valence-electron chi connectivity index (χ0n) is 18.5. The molecule has 0 aliphatic carbocycles. The van der Waals surface area contributed by atoms with Crippen LogP contribution in [0, 0.1) is 0 Å². The van der Waals surface area contributed by atoms with Crippen molar-refractivity contribution in [1.82, 2.24) is 4.90 Å². The molecule has 1 amide bonds. The number of hydrogen-bond acceptors (Lipinski definition) is 7. The molecule has 1 aromatic heterocycles. The molecule has 1 fully saturated rings. The van der Waals surface area contributed by atoms with Gasteiger partial charge in [0, 0.05) is 23.4 Å². The summed E-state index contributed by atoms with van der Waals surface area (Å²) in [4.78, 5) is 39.1. The summed E-state index contributed by atoms with van der Waals surface area (Å²) in [5.74, 6) is 0.232. The van der Waals surface area contributed by atoms with E-state index in [1.165, 1.54) is 18.1 Å². The Kier molecular flexibility index (Phi) is 5.54. The van der Waals surface area contributed by atoms with Crippen LogP contribution in [0.25, 0.3) is 21.7 Å². The Morgan fingerprint density at radius 2 is 1.75 bits per heavy atom. The SMILES string of the molecule is COc1ccc2c(c1)c(=O)oc1cc(OC(=O)[C@H]3CCCN3C(=O)OC(C)(C)C)ccc12. The Morgan fingerprint density at radius 3 is 2.47 bits per heavy atom. The summed E-state index contributed by atoms with van der Waals surface area (Å²) in [6.07, 6.45) is 0.636. The van der Waals surface area contributed by atoms with Gasteiger partial charge in [0.1, 0.15) is 28.7 Å².